The fourth-order valence-corrected chi connectivity index (χ4v) is 5.32. The van der Waals surface area contributed by atoms with Gasteiger partial charge in [0.25, 0.3) is 0 Å². The summed E-state index contributed by atoms with van der Waals surface area (Å²) in [6.45, 7) is 2.90. The Morgan fingerprint density at radius 1 is 1.28 bits per heavy atom. The number of nitrogens with one attached hydrogen (secondary N) is 1. The number of rotatable bonds is 3. The monoisotopic (exact) mass is 274 g/mol. The van der Waals surface area contributed by atoms with Crippen LogP contribution in [0.5, 0.6) is 0 Å². The van der Waals surface area contributed by atoms with Gasteiger partial charge >= 0.3 is 0 Å². The second-order valence-electron chi connectivity index (χ2n) is 6.35. The molecule has 3 N–H and O–H groups in total. The summed E-state index contributed by atoms with van der Waals surface area (Å²) in [4.78, 5) is 0. The van der Waals surface area contributed by atoms with Gasteiger partial charge in [-0.2, -0.15) is 0 Å². The molecule has 4 nitrogen and oxygen atoms in total. The third-order valence-corrected chi connectivity index (χ3v) is 6.42. The molecule has 0 spiro atoms. The molecular formula is C13H26N2O2S. The Kier molecular flexibility index (Phi) is 4.34. The van der Waals surface area contributed by atoms with Crippen molar-refractivity contribution in [2.75, 3.05) is 18.1 Å². The van der Waals surface area contributed by atoms with Gasteiger partial charge < -0.3 is 11.1 Å². The third-order valence-electron chi connectivity index (χ3n) is 4.51. The first kappa shape index (κ1) is 14.3. The summed E-state index contributed by atoms with van der Waals surface area (Å²) in [5.74, 6) is 1.11. The quantitative estimate of drug-likeness (QED) is 0.755. The molecule has 18 heavy (non-hydrogen) atoms. The summed E-state index contributed by atoms with van der Waals surface area (Å²) in [7, 11) is -2.82. The number of hydrogen-bond acceptors (Lipinski definition) is 4. The largest absolute Gasteiger partial charge is 0.327 e. The smallest absolute Gasteiger partial charge is 0.152 e. The molecule has 1 heterocycles. The fourth-order valence-electron chi connectivity index (χ4n) is 3.19. The molecule has 0 bridgehead atoms. The van der Waals surface area contributed by atoms with Gasteiger partial charge in [0.1, 0.15) is 0 Å². The Morgan fingerprint density at radius 3 is 2.67 bits per heavy atom. The van der Waals surface area contributed by atoms with Crippen LogP contribution >= 0.6 is 0 Å². The molecule has 0 aromatic carbocycles. The summed E-state index contributed by atoms with van der Waals surface area (Å²) >= 11 is 0. The zero-order valence-electron chi connectivity index (χ0n) is 11.3. The van der Waals surface area contributed by atoms with Crippen molar-refractivity contribution in [2.45, 2.75) is 57.0 Å². The molecule has 106 valence electrons. The average Bonchev–Trinajstić information content (AvgIpc) is 2.46. The Hall–Kier alpha value is -0.130. The molecule has 0 radical (unpaired) electrons. The molecule has 1 aliphatic carbocycles. The van der Waals surface area contributed by atoms with Gasteiger partial charge in [0.05, 0.1) is 11.5 Å². The summed E-state index contributed by atoms with van der Waals surface area (Å²) in [5, 5.41) is 3.48. The second-order valence-corrected chi connectivity index (χ2v) is 8.53. The first-order chi connectivity index (χ1) is 8.40. The van der Waals surface area contributed by atoms with E-state index in [-0.39, 0.29) is 17.3 Å². The predicted molar refractivity (Wildman–Crippen MR) is 74.2 cm³/mol. The molecule has 2 fully saturated rings. The summed E-state index contributed by atoms with van der Waals surface area (Å²) in [6.07, 6.45) is 6.81. The normalized spacial score (nSPS) is 40.6. The lowest BCUT2D eigenvalue weighted by Gasteiger charge is -2.29. The zero-order chi connectivity index (χ0) is 13.2. The predicted octanol–water partition coefficient (Wildman–Crippen LogP) is 1.06. The Morgan fingerprint density at radius 2 is 2.00 bits per heavy atom. The van der Waals surface area contributed by atoms with Crippen LogP contribution in [0.1, 0.15) is 45.4 Å². The van der Waals surface area contributed by atoms with E-state index in [1.165, 1.54) is 25.7 Å². The molecule has 1 aliphatic heterocycles. The van der Waals surface area contributed by atoms with Gasteiger partial charge in [-0.1, -0.05) is 19.3 Å². The van der Waals surface area contributed by atoms with E-state index in [0.29, 0.717) is 11.7 Å². The minimum Gasteiger partial charge on any atom is -0.327 e. The molecule has 5 heteroatoms. The highest BCUT2D eigenvalue weighted by Crippen LogP contribution is 2.26. The zero-order valence-corrected chi connectivity index (χ0v) is 12.1. The van der Waals surface area contributed by atoms with Crippen molar-refractivity contribution < 1.29 is 8.42 Å². The van der Waals surface area contributed by atoms with Gasteiger partial charge in [-0.15, -0.1) is 0 Å². The van der Waals surface area contributed by atoms with Crippen molar-refractivity contribution in [3.8, 4) is 0 Å². The lowest BCUT2D eigenvalue weighted by molar-refractivity contribution is 0.312. The van der Waals surface area contributed by atoms with E-state index in [4.69, 9.17) is 5.73 Å². The fraction of sp³-hybridized carbons (Fsp3) is 1.00. The van der Waals surface area contributed by atoms with Crippen LogP contribution in [-0.4, -0.2) is 38.0 Å². The molecule has 2 aliphatic rings. The molecule has 0 aromatic heterocycles. The van der Waals surface area contributed by atoms with Gasteiger partial charge in [0.15, 0.2) is 9.84 Å². The van der Waals surface area contributed by atoms with E-state index >= 15 is 0 Å². The highest BCUT2D eigenvalue weighted by Gasteiger charge is 2.38. The van der Waals surface area contributed by atoms with Gasteiger partial charge in [-0.25, -0.2) is 8.42 Å². The van der Waals surface area contributed by atoms with E-state index in [0.717, 1.165) is 19.4 Å². The lowest BCUT2D eigenvalue weighted by atomic mass is 9.93. The SMILES string of the molecule is CC1(NCC2CCCCCC2N)CCS(=O)(=O)C1. The molecule has 0 aromatic rings. The highest BCUT2D eigenvalue weighted by atomic mass is 32.2. The summed E-state index contributed by atoms with van der Waals surface area (Å²) in [6, 6.07) is 0.279. The Bertz CT molecular complexity index is 382. The van der Waals surface area contributed by atoms with Crippen LogP contribution in [0.25, 0.3) is 0 Å². The third kappa shape index (κ3) is 3.68. The average molecular weight is 274 g/mol. The maximum absolute atomic E-state index is 11.6. The Balaban J connectivity index is 1.87. The van der Waals surface area contributed by atoms with Crippen molar-refractivity contribution in [1.82, 2.24) is 5.32 Å². The molecule has 0 amide bonds. The van der Waals surface area contributed by atoms with Crippen LogP contribution in [0.3, 0.4) is 0 Å². The summed E-state index contributed by atoms with van der Waals surface area (Å²) in [5.41, 5.74) is 5.97. The Labute approximate surface area is 111 Å². The van der Waals surface area contributed by atoms with Crippen LogP contribution in [0.4, 0.5) is 0 Å². The van der Waals surface area contributed by atoms with Gasteiger partial charge in [-0.3, -0.25) is 0 Å². The van der Waals surface area contributed by atoms with Crippen molar-refractivity contribution >= 4 is 9.84 Å². The topological polar surface area (TPSA) is 72.2 Å². The summed E-state index contributed by atoms with van der Waals surface area (Å²) < 4.78 is 23.1. The van der Waals surface area contributed by atoms with Crippen LogP contribution in [0, 0.1) is 5.92 Å². The number of nitrogens with two attached hydrogens (primary N) is 1. The first-order valence-electron chi connectivity index (χ1n) is 7.11. The van der Waals surface area contributed by atoms with Crippen molar-refractivity contribution in [3.05, 3.63) is 0 Å². The van der Waals surface area contributed by atoms with Gasteiger partial charge in [0, 0.05) is 11.6 Å². The van der Waals surface area contributed by atoms with Crippen molar-refractivity contribution in [1.29, 1.82) is 0 Å². The maximum atomic E-state index is 11.6. The molecule has 3 unspecified atom stereocenters. The second kappa shape index (κ2) is 5.47. The van der Waals surface area contributed by atoms with E-state index in [1.54, 1.807) is 0 Å². The first-order valence-corrected chi connectivity index (χ1v) is 8.93. The van der Waals surface area contributed by atoms with Crippen LogP contribution in [0.15, 0.2) is 0 Å². The van der Waals surface area contributed by atoms with E-state index in [9.17, 15) is 8.42 Å². The van der Waals surface area contributed by atoms with Crippen LogP contribution in [-0.2, 0) is 9.84 Å². The maximum Gasteiger partial charge on any atom is 0.152 e. The van der Waals surface area contributed by atoms with Crippen molar-refractivity contribution in [2.24, 2.45) is 11.7 Å². The minimum absolute atomic E-state index is 0.231. The minimum atomic E-state index is -2.82. The van der Waals surface area contributed by atoms with Gasteiger partial charge in [-0.05, 0) is 38.6 Å². The number of sulfone groups is 1. The highest BCUT2D eigenvalue weighted by molar-refractivity contribution is 7.91. The van der Waals surface area contributed by atoms with Gasteiger partial charge in [0.2, 0.25) is 0 Å². The molecule has 2 rings (SSSR count). The lowest BCUT2D eigenvalue weighted by Crippen LogP contribution is -2.48. The van der Waals surface area contributed by atoms with E-state index in [1.807, 2.05) is 6.92 Å². The molecular weight excluding hydrogens is 248 g/mol. The van der Waals surface area contributed by atoms with E-state index < -0.39 is 9.84 Å². The standard InChI is InChI=1S/C13H26N2O2S/c1-13(7-8-18(16,17)10-13)15-9-11-5-3-2-4-6-12(11)14/h11-12,15H,2-10,14H2,1H3. The molecule has 1 saturated heterocycles. The van der Waals surface area contributed by atoms with Crippen molar-refractivity contribution in [3.63, 3.8) is 0 Å². The van der Waals surface area contributed by atoms with E-state index in [2.05, 4.69) is 5.32 Å². The molecule has 3 atom stereocenters. The van der Waals surface area contributed by atoms with Crippen LogP contribution in [0.2, 0.25) is 0 Å². The molecule has 1 saturated carbocycles. The number of hydrogen-bond donors (Lipinski definition) is 2. The van der Waals surface area contributed by atoms with Crippen LogP contribution < -0.4 is 11.1 Å².